The number of benzene rings is 2. The Morgan fingerprint density at radius 1 is 1.17 bits per heavy atom. The third-order valence-corrected chi connectivity index (χ3v) is 4.08. The summed E-state index contributed by atoms with van der Waals surface area (Å²) in [6.45, 7) is 3.48. The Morgan fingerprint density at radius 3 is 2.46 bits per heavy atom. The first-order chi connectivity index (χ1) is 11.4. The third kappa shape index (κ3) is 4.89. The molecule has 2 aromatic carbocycles. The summed E-state index contributed by atoms with van der Waals surface area (Å²) in [6.07, 6.45) is 0. The highest BCUT2D eigenvalue weighted by atomic mass is 79.9. The van der Waals surface area contributed by atoms with Crippen LogP contribution in [0.5, 0.6) is 0 Å². The van der Waals surface area contributed by atoms with E-state index in [0.717, 1.165) is 4.47 Å². The molecule has 4 nitrogen and oxygen atoms in total. The maximum Gasteiger partial charge on any atom is 0.251 e. The van der Waals surface area contributed by atoms with Crippen LogP contribution in [0.1, 0.15) is 28.4 Å². The number of aryl methyl sites for hydroxylation is 1. The molecular formula is C18H18BrFN2O2. The van der Waals surface area contributed by atoms with E-state index in [1.807, 2.05) is 0 Å². The lowest BCUT2D eigenvalue weighted by molar-refractivity contribution is -0.122. The molecule has 24 heavy (non-hydrogen) atoms. The van der Waals surface area contributed by atoms with Crippen LogP contribution in [0.15, 0.2) is 46.9 Å². The van der Waals surface area contributed by atoms with Gasteiger partial charge in [-0.1, -0.05) is 28.1 Å². The molecule has 0 aromatic heterocycles. The molecule has 1 unspecified atom stereocenters. The van der Waals surface area contributed by atoms with E-state index in [1.54, 1.807) is 50.2 Å². The number of hydrogen-bond donors (Lipinski definition) is 2. The molecule has 126 valence electrons. The zero-order chi connectivity index (χ0) is 17.7. The quantitative estimate of drug-likeness (QED) is 0.819. The van der Waals surface area contributed by atoms with E-state index in [1.165, 1.54) is 6.07 Å². The van der Waals surface area contributed by atoms with Gasteiger partial charge in [0.25, 0.3) is 5.91 Å². The van der Waals surface area contributed by atoms with Crippen molar-refractivity contribution in [3.8, 4) is 0 Å². The van der Waals surface area contributed by atoms with Crippen molar-refractivity contribution in [2.75, 3.05) is 0 Å². The Balaban J connectivity index is 1.88. The number of halogens is 2. The van der Waals surface area contributed by atoms with Crippen molar-refractivity contribution in [1.82, 2.24) is 10.6 Å². The van der Waals surface area contributed by atoms with Gasteiger partial charge in [0, 0.05) is 16.6 Å². The Morgan fingerprint density at radius 2 is 1.83 bits per heavy atom. The summed E-state index contributed by atoms with van der Waals surface area (Å²) < 4.78 is 14.3. The van der Waals surface area contributed by atoms with Crippen LogP contribution in [0.3, 0.4) is 0 Å². The lowest BCUT2D eigenvalue weighted by atomic mass is 10.1. The van der Waals surface area contributed by atoms with Gasteiger partial charge >= 0.3 is 0 Å². The average molecular weight is 393 g/mol. The minimum absolute atomic E-state index is 0.203. The maximum absolute atomic E-state index is 13.5. The highest BCUT2D eigenvalue weighted by Crippen LogP contribution is 2.11. The molecular weight excluding hydrogens is 375 g/mol. The van der Waals surface area contributed by atoms with E-state index in [2.05, 4.69) is 26.6 Å². The molecule has 0 spiro atoms. The minimum Gasteiger partial charge on any atom is -0.350 e. The van der Waals surface area contributed by atoms with Crippen molar-refractivity contribution in [2.45, 2.75) is 26.4 Å². The van der Waals surface area contributed by atoms with E-state index in [-0.39, 0.29) is 24.2 Å². The van der Waals surface area contributed by atoms with Crippen molar-refractivity contribution in [1.29, 1.82) is 0 Å². The van der Waals surface area contributed by atoms with Gasteiger partial charge in [0.15, 0.2) is 0 Å². The molecule has 0 heterocycles. The molecule has 1 atom stereocenters. The summed E-state index contributed by atoms with van der Waals surface area (Å²) in [6, 6.07) is 11.0. The summed E-state index contributed by atoms with van der Waals surface area (Å²) >= 11 is 3.30. The Kier molecular flexibility index (Phi) is 6.09. The lowest BCUT2D eigenvalue weighted by Crippen LogP contribution is -2.44. The van der Waals surface area contributed by atoms with Gasteiger partial charge in [-0.15, -0.1) is 0 Å². The number of rotatable bonds is 5. The molecule has 2 aromatic rings. The molecule has 0 saturated heterocycles. The van der Waals surface area contributed by atoms with Gasteiger partial charge in [0.1, 0.15) is 11.9 Å². The first-order valence-electron chi connectivity index (χ1n) is 7.46. The van der Waals surface area contributed by atoms with Crippen LogP contribution in [0, 0.1) is 12.7 Å². The van der Waals surface area contributed by atoms with Crippen LogP contribution in [0.2, 0.25) is 0 Å². The molecule has 0 fully saturated rings. The molecule has 0 aliphatic heterocycles. The molecule has 0 aliphatic rings. The SMILES string of the molecule is Cc1ccc(CNC(=O)C(C)NC(=O)c2ccc(Br)cc2)cc1F. The summed E-state index contributed by atoms with van der Waals surface area (Å²) in [5.74, 6) is -0.966. The highest BCUT2D eigenvalue weighted by molar-refractivity contribution is 9.10. The van der Waals surface area contributed by atoms with Crippen molar-refractivity contribution in [2.24, 2.45) is 0 Å². The molecule has 0 bridgehead atoms. The largest absolute Gasteiger partial charge is 0.350 e. The zero-order valence-corrected chi connectivity index (χ0v) is 15.0. The molecule has 2 amide bonds. The molecule has 0 saturated carbocycles. The minimum atomic E-state index is -0.698. The molecule has 6 heteroatoms. The van der Waals surface area contributed by atoms with E-state index in [4.69, 9.17) is 0 Å². The van der Waals surface area contributed by atoms with Crippen molar-refractivity contribution in [3.05, 3.63) is 69.4 Å². The molecule has 2 rings (SSSR count). The number of carbonyl (C=O) groups is 2. The van der Waals surface area contributed by atoms with E-state index >= 15 is 0 Å². The topological polar surface area (TPSA) is 58.2 Å². The third-order valence-electron chi connectivity index (χ3n) is 3.55. The summed E-state index contributed by atoms with van der Waals surface area (Å²) in [5.41, 5.74) is 1.69. The van der Waals surface area contributed by atoms with Crippen LogP contribution in [0.25, 0.3) is 0 Å². The van der Waals surface area contributed by atoms with Crippen molar-refractivity contribution in [3.63, 3.8) is 0 Å². The second kappa shape index (κ2) is 8.06. The standard InChI is InChI=1S/C18H18BrFN2O2/c1-11-3-4-13(9-16(11)20)10-21-17(23)12(2)22-18(24)14-5-7-15(19)8-6-14/h3-9,12H,10H2,1-2H3,(H,21,23)(H,22,24). The van der Waals surface area contributed by atoms with Crippen LogP contribution in [-0.4, -0.2) is 17.9 Å². The Bertz CT molecular complexity index is 747. The van der Waals surface area contributed by atoms with Gasteiger partial charge in [-0.3, -0.25) is 9.59 Å². The van der Waals surface area contributed by atoms with Gasteiger partial charge in [-0.2, -0.15) is 0 Å². The van der Waals surface area contributed by atoms with E-state index < -0.39 is 6.04 Å². The maximum atomic E-state index is 13.5. The molecule has 0 radical (unpaired) electrons. The summed E-state index contributed by atoms with van der Waals surface area (Å²) in [5, 5.41) is 5.32. The Hall–Kier alpha value is -2.21. The average Bonchev–Trinajstić information content (AvgIpc) is 2.56. The second-order valence-electron chi connectivity index (χ2n) is 5.50. The first kappa shape index (κ1) is 18.1. The van der Waals surface area contributed by atoms with Gasteiger partial charge in [0.2, 0.25) is 5.91 Å². The highest BCUT2D eigenvalue weighted by Gasteiger charge is 2.16. The fourth-order valence-electron chi connectivity index (χ4n) is 2.04. The number of hydrogen-bond acceptors (Lipinski definition) is 2. The smallest absolute Gasteiger partial charge is 0.251 e. The predicted octanol–water partition coefficient (Wildman–Crippen LogP) is 3.33. The summed E-state index contributed by atoms with van der Waals surface area (Å²) in [4.78, 5) is 24.1. The summed E-state index contributed by atoms with van der Waals surface area (Å²) in [7, 11) is 0. The van der Waals surface area contributed by atoms with Gasteiger partial charge in [-0.25, -0.2) is 4.39 Å². The van der Waals surface area contributed by atoms with Crippen molar-refractivity contribution < 1.29 is 14.0 Å². The normalized spacial score (nSPS) is 11.7. The van der Waals surface area contributed by atoms with Crippen LogP contribution in [-0.2, 0) is 11.3 Å². The van der Waals surface area contributed by atoms with Gasteiger partial charge in [-0.05, 0) is 55.3 Å². The zero-order valence-electron chi connectivity index (χ0n) is 13.4. The number of nitrogens with one attached hydrogen (secondary N) is 2. The van der Waals surface area contributed by atoms with Crippen LogP contribution in [0.4, 0.5) is 4.39 Å². The van der Waals surface area contributed by atoms with E-state index in [0.29, 0.717) is 16.7 Å². The second-order valence-corrected chi connectivity index (χ2v) is 6.42. The van der Waals surface area contributed by atoms with Gasteiger partial charge in [0.05, 0.1) is 0 Å². The number of carbonyl (C=O) groups excluding carboxylic acids is 2. The molecule has 2 N–H and O–H groups in total. The first-order valence-corrected chi connectivity index (χ1v) is 8.25. The van der Waals surface area contributed by atoms with E-state index in [9.17, 15) is 14.0 Å². The van der Waals surface area contributed by atoms with Crippen molar-refractivity contribution >= 4 is 27.7 Å². The van der Waals surface area contributed by atoms with Crippen LogP contribution < -0.4 is 10.6 Å². The fraction of sp³-hybridized carbons (Fsp3) is 0.222. The van der Waals surface area contributed by atoms with Gasteiger partial charge < -0.3 is 10.6 Å². The number of amides is 2. The van der Waals surface area contributed by atoms with Crippen LogP contribution >= 0.6 is 15.9 Å². The fourth-order valence-corrected chi connectivity index (χ4v) is 2.30. The monoisotopic (exact) mass is 392 g/mol. The lowest BCUT2D eigenvalue weighted by Gasteiger charge is -2.14. The molecule has 0 aliphatic carbocycles. The predicted molar refractivity (Wildman–Crippen MR) is 94.1 cm³/mol. The Labute approximate surface area is 148 Å².